The van der Waals surface area contributed by atoms with E-state index in [9.17, 15) is 14.9 Å². The van der Waals surface area contributed by atoms with Crippen molar-refractivity contribution in [3.8, 4) is 0 Å². The molecule has 9 nitrogen and oxygen atoms in total. The fraction of sp³-hybridized carbons (Fsp3) is 0.304. The second kappa shape index (κ2) is 12.2. The summed E-state index contributed by atoms with van der Waals surface area (Å²) in [6.07, 6.45) is -0.604. The Labute approximate surface area is 217 Å². The van der Waals surface area contributed by atoms with Gasteiger partial charge in [0, 0.05) is 18.1 Å². The summed E-state index contributed by atoms with van der Waals surface area (Å²) in [6.45, 7) is 2.48. The van der Waals surface area contributed by atoms with Crippen LogP contribution >= 0.6 is 34.8 Å². The normalized spacial score (nSPS) is 12.4. The lowest BCUT2D eigenvalue weighted by molar-refractivity contribution is -0.954. The molecule has 1 amide bonds. The third kappa shape index (κ3) is 7.83. The van der Waals surface area contributed by atoms with Crippen molar-refractivity contribution >= 4 is 46.7 Å². The molecule has 0 saturated heterocycles. The van der Waals surface area contributed by atoms with Crippen LogP contribution in [0, 0.1) is 17.0 Å². The predicted molar refractivity (Wildman–Crippen MR) is 133 cm³/mol. The summed E-state index contributed by atoms with van der Waals surface area (Å²) in [4.78, 5) is 28.0. The van der Waals surface area contributed by atoms with Gasteiger partial charge in [0.2, 0.25) is 6.17 Å². The van der Waals surface area contributed by atoms with E-state index in [1.54, 1.807) is 6.92 Å². The molecule has 0 aliphatic carbocycles. The van der Waals surface area contributed by atoms with Crippen molar-refractivity contribution in [2.45, 2.75) is 36.5 Å². The second-order valence-electron chi connectivity index (χ2n) is 7.81. The Morgan fingerprint density at radius 3 is 2.14 bits per heavy atom. The number of alkyl carbamates (subject to hydrolysis) is 1. The molecule has 1 atom stereocenters. The van der Waals surface area contributed by atoms with Gasteiger partial charge in [-0.05, 0) is 4.92 Å². The van der Waals surface area contributed by atoms with Crippen LogP contribution in [0.25, 0.3) is 0 Å². The zero-order valence-electron chi connectivity index (χ0n) is 18.9. The lowest BCUT2D eigenvalue weighted by Crippen LogP contribution is -3.17. The largest absolute Gasteiger partial charge is 0.445 e. The quantitative estimate of drug-likeness (QED) is 0.176. The van der Waals surface area contributed by atoms with E-state index >= 15 is 0 Å². The highest BCUT2D eigenvalue weighted by Crippen LogP contribution is 2.28. The van der Waals surface area contributed by atoms with E-state index < -0.39 is 21.0 Å². The van der Waals surface area contributed by atoms with Crippen molar-refractivity contribution in [3.05, 3.63) is 93.9 Å². The Morgan fingerprint density at radius 2 is 1.66 bits per heavy atom. The van der Waals surface area contributed by atoms with Gasteiger partial charge in [-0.25, -0.2) is 14.3 Å². The summed E-state index contributed by atoms with van der Waals surface area (Å²) in [6, 6.07) is 19.3. The number of amides is 1. The molecular formula is C23H25Cl3N5O4+. The van der Waals surface area contributed by atoms with Crippen LogP contribution in [0.1, 0.15) is 17.0 Å². The molecule has 3 rings (SSSR count). The number of nitro groups is 1. The van der Waals surface area contributed by atoms with Crippen LogP contribution in [0.15, 0.2) is 66.9 Å². The SMILES string of the molecule is Cc1ncc([N+](=O)[O-])n1CCOC(=O)N[C@H]([NH+](Cc1ccccc1)Cc1ccccc1)C(Cl)(Cl)Cl. The maximum Gasteiger partial charge on any atom is 0.411 e. The van der Waals surface area contributed by atoms with E-state index in [2.05, 4.69) is 10.3 Å². The van der Waals surface area contributed by atoms with Crippen LogP contribution in [-0.4, -0.2) is 37.1 Å². The van der Waals surface area contributed by atoms with Crippen LogP contribution in [0.3, 0.4) is 0 Å². The third-order valence-corrected chi connectivity index (χ3v) is 5.97. The van der Waals surface area contributed by atoms with Crippen LogP contribution in [0.2, 0.25) is 0 Å². The van der Waals surface area contributed by atoms with Gasteiger partial charge in [0.15, 0.2) is 5.82 Å². The molecule has 35 heavy (non-hydrogen) atoms. The van der Waals surface area contributed by atoms with Crippen LogP contribution in [-0.2, 0) is 24.4 Å². The van der Waals surface area contributed by atoms with Gasteiger partial charge >= 0.3 is 11.9 Å². The minimum absolute atomic E-state index is 0.0542. The van der Waals surface area contributed by atoms with Crippen LogP contribution in [0.5, 0.6) is 0 Å². The van der Waals surface area contributed by atoms with E-state index in [1.807, 2.05) is 60.7 Å². The van der Waals surface area contributed by atoms with Gasteiger partial charge in [-0.15, -0.1) is 0 Å². The maximum atomic E-state index is 12.7. The zero-order chi connectivity index (χ0) is 25.4. The molecular weight excluding hydrogens is 517 g/mol. The maximum absolute atomic E-state index is 12.7. The molecule has 1 aromatic heterocycles. The van der Waals surface area contributed by atoms with Crippen molar-refractivity contribution < 1.29 is 19.4 Å². The summed E-state index contributed by atoms with van der Waals surface area (Å²) in [7, 11) is 0. The molecule has 0 saturated carbocycles. The number of aromatic nitrogens is 2. The summed E-state index contributed by atoms with van der Waals surface area (Å²) in [5, 5.41) is 13.8. The molecule has 0 radical (unpaired) electrons. The van der Waals surface area contributed by atoms with Gasteiger partial charge in [-0.2, -0.15) is 0 Å². The van der Waals surface area contributed by atoms with Gasteiger partial charge in [-0.1, -0.05) is 95.5 Å². The Bertz CT molecular complexity index is 1080. The molecule has 2 N–H and O–H groups in total. The molecule has 0 aliphatic rings. The number of benzene rings is 2. The average Bonchev–Trinajstić information content (AvgIpc) is 3.18. The van der Waals surface area contributed by atoms with E-state index in [0.29, 0.717) is 18.9 Å². The molecule has 0 bridgehead atoms. The number of rotatable bonds is 10. The van der Waals surface area contributed by atoms with Gasteiger partial charge in [0.25, 0.3) is 3.79 Å². The number of imidazole rings is 1. The minimum atomic E-state index is -1.85. The number of halogens is 3. The van der Waals surface area contributed by atoms with Gasteiger partial charge in [0.05, 0.1) is 0 Å². The second-order valence-corrected chi connectivity index (χ2v) is 10.2. The van der Waals surface area contributed by atoms with Crippen LogP contribution in [0.4, 0.5) is 10.6 Å². The molecule has 186 valence electrons. The highest BCUT2D eigenvalue weighted by atomic mass is 35.6. The lowest BCUT2D eigenvalue weighted by atomic mass is 10.1. The van der Waals surface area contributed by atoms with Crippen molar-refractivity contribution in [2.24, 2.45) is 0 Å². The molecule has 0 aliphatic heterocycles. The van der Waals surface area contributed by atoms with Gasteiger partial charge in [-0.3, -0.25) is 5.32 Å². The van der Waals surface area contributed by atoms with E-state index in [-0.39, 0.29) is 19.0 Å². The first-order valence-electron chi connectivity index (χ1n) is 10.7. The monoisotopic (exact) mass is 540 g/mol. The van der Waals surface area contributed by atoms with E-state index in [0.717, 1.165) is 22.2 Å². The summed E-state index contributed by atoms with van der Waals surface area (Å²) in [5.74, 6) is 0.244. The minimum Gasteiger partial charge on any atom is -0.445 e. The zero-order valence-corrected chi connectivity index (χ0v) is 21.1. The van der Waals surface area contributed by atoms with E-state index in [1.165, 1.54) is 4.57 Å². The standard InChI is InChI=1S/C23H24Cl3N5O4/c1-17-27-14-20(31(33)34)30(17)12-13-35-22(32)28-21(23(24,25)26)29(15-18-8-4-2-5-9-18)16-19-10-6-3-7-11-19/h2-11,14,21H,12-13,15-16H2,1H3,(H,28,32)/p+1/t21-/m1/s1. The molecule has 0 fully saturated rings. The summed E-state index contributed by atoms with van der Waals surface area (Å²) < 4.78 is 4.77. The Kier molecular flexibility index (Phi) is 9.33. The number of alkyl halides is 3. The summed E-state index contributed by atoms with van der Waals surface area (Å²) >= 11 is 18.9. The number of carbonyl (C=O) groups excluding carboxylic acids is 1. The number of nitrogens with zero attached hydrogens (tertiary/aromatic N) is 3. The first-order chi connectivity index (χ1) is 16.6. The molecule has 3 aromatic rings. The smallest absolute Gasteiger partial charge is 0.411 e. The van der Waals surface area contributed by atoms with E-state index in [4.69, 9.17) is 39.5 Å². The predicted octanol–water partition coefficient (Wildman–Crippen LogP) is 3.81. The molecule has 0 spiro atoms. The number of ether oxygens (including phenoxy) is 1. The highest BCUT2D eigenvalue weighted by Gasteiger charge is 2.42. The van der Waals surface area contributed by atoms with Crippen molar-refractivity contribution in [3.63, 3.8) is 0 Å². The van der Waals surface area contributed by atoms with Gasteiger partial charge in [0.1, 0.15) is 32.4 Å². The van der Waals surface area contributed by atoms with Gasteiger partial charge < -0.3 is 19.8 Å². The molecule has 2 aromatic carbocycles. The molecule has 1 heterocycles. The Morgan fingerprint density at radius 1 is 1.11 bits per heavy atom. The number of quaternary nitrogens is 1. The highest BCUT2D eigenvalue weighted by molar-refractivity contribution is 6.68. The molecule has 0 unspecified atom stereocenters. The topological polar surface area (TPSA) is 104 Å². The first kappa shape index (κ1) is 26.7. The number of nitrogens with one attached hydrogen (secondary N) is 2. The van der Waals surface area contributed by atoms with Crippen molar-refractivity contribution in [2.75, 3.05) is 6.61 Å². The number of aryl methyl sites for hydroxylation is 1. The fourth-order valence-electron chi connectivity index (χ4n) is 3.67. The fourth-order valence-corrected chi connectivity index (χ4v) is 4.29. The summed E-state index contributed by atoms with van der Waals surface area (Å²) in [5.41, 5.74) is 1.99. The lowest BCUT2D eigenvalue weighted by Gasteiger charge is -2.33. The Balaban J connectivity index is 1.72. The molecule has 12 heteroatoms. The number of carbonyl (C=O) groups is 1. The van der Waals surface area contributed by atoms with Crippen LogP contribution < -0.4 is 10.2 Å². The average molecular weight is 542 g/mol. The number of hydrogen-bond acceptors (Lipinski definition) is 5. The number of hydrogen-bond donors (Lipinski definition) is 2. The van der Waals surface area contributed by atoms with Crippen molar-refractivity contribution in [1.29, 1.82) is 0 Å². The Hall–Kier alpha value is -2.85. The first-order valence-corrected chi connectivity index (χ1v) is 11.9. The third-order valence-electron chi connectivity index (χ3n) is 5.31. The van der Waals surface area contributed by atoms with Crippen molar-refractivity contribution in [1.82, 2.24) is 14.9 Å².